The highest BCUT2D eigenvalue weighted by molar-refractivity contribution is 8.03. The van der Waals surface area contributed by atoms with Crippen molar-refractivity contribution in [3.05, 3.63) is 29.6 Å². The summed E-state index contributed by atoms with van der Waals surface area (Å²) in [5.41, 5.74) is 1.35. The van der Waals surface area contributed by atoms with Gasteiger partial charge in [-0.05, 0) is 42.4 Å². The predicted octanol–water partition coefficient (Wildman–Crippen LogP) is 3.45. The first-order chi connectivity index (χ1) is 11.7. The molecule has 1 aromatic carbocycles. The Morgan fingerprint density at radius 3 is 2.68 bits per heavy atom. The van der Waals surface area contributed by atoms with Crippen molar-refractivity contribution in [1.82, 2.24) is 14.8 Å². The fourth-order valence-electron chi connectivity index (χ4n) is 1.90. The molecule has 1 amide bonds. The summed E-state index contributed by atoms with van der Waals surface area (Å²) in [4.78, 5) is 12.8. The summed E-state index contributed by atoms with van der Waals surface area (Å²) in [6.45, 7) is 1.78. The lowest BCUT2D eigenvalue weighted by Crippen LogP contribution is -2.16. The van der Waals surface area contributed by atoms with Crippen molar-refractivity contribution >= 4 is 35.1 Å². The number of thiocyanates is 1. The fraction of sp³-hybridized carbons (Fsp3) is 0.286. The van der Waals surface area contributed by atoms with Crippen molar-refractivity contribution in [3.8, 4) is 5.40 Å². The minimum atomic E-state index is -4.59. The highest BCUT2D eigenvalue weighted by Crippen LogP contribution is 2.29. The Bertz CT molecular complexity index is 829. The van der Waals surface area contributed by atoms with Crippen LogP contribution in [0.1, 0.15) is 11.4 Å². The van der Waals surface area contributed by atoms with Gasteiger partial charge in [0.25, 0.3) is 0 Å². The zero-order valence-corrected chi connectivity index (χ0v) is 14.7. The van der Waals surface area contributed by atoms with Crippen LogP contribution in [0.4, 0.5) is 18.9 Å². The number of hydrogen-bond acceptors (Lipinski definition) is 6. The van der Waals surface area contributed by atoms with E-state index in [2.05, 4.69) is 15.5 Å². The number of benzene rings is 1. The van der Waals surface area contributed by atoms with Crippen LogP contribution in [0.25, 0.3) is 0 Å². The summed E-state index contributed by atoms with van der Waals surface area (Å²) in [6, 6.07) is 5.12. The van der Waals surface area contributed by atoms with Gasteiger partial charge in [-0.15, -0.1) is 10.2 Å². The molecule has 1 heterocycles. The van der Waals surface area contributed by atoms with E-state index in [1.807, 2.05) is 5.40 Å². The largest absolute Gasteiger partial charge is 0.451 e. The number of carbonyl (C=O) groups is 1. The number of halogens is 3. The van der Waals surface area contributed by atoms with Crippen molar-refractivity contribution in [2.75, 3.05) is 11.1 Å². The Morgan fingerprint density at radius 1 is 1.40 bits per heavy atom. The number of nitrogens with one attached hydrogen (secondary N) is 1. The molecular formula is C14H12F3N5OS2. The third kappa shape index (κ3) is 4.90. The molecule has 1 aromatic heterocycles. The van der Waals surface area contributed by atoms with E-state index in [1.54, 1.807) is 25.1 Å². The molecule has 0 spiro atoms. The van der Waals surface area contributed by atoms with Crippen molar-refractivity contribution in [2.24, 2.45) is 7.05 Å². The van der Waals surface area contributed by atoms with Crippen LogP contribution in [0, 0.1) is 17.6 Å². The van der Waals surface area contributed by atoms with E-state index in [0.717, 1.165) is 38.5 Å². The minimum Gasteiger partial charge on any atom is -0.325 e. The van der Waals surface area contributed by atoms with E-state index in [1.165, 1.54) is 7.05 Å². The maximum absolute atomic E-state index is 12.6. The Balaban J connectivity index is 1.98. The molecule has 0 aliphatic carbocycles. The van der Waals surface area contributed by atoms with Gasteiger partial charge in [-0.2, -0.15) is 18.4 Å². The smallest absolute Gasteiger partial charge is 0.325 e. The third-order valence-electron chi connectivity index (χ3n) is 3.06. The number of hydrogen-bond donors (Lipinski definition) is 1. The first-order valence-electron chi connectivity index (χ1n) is 6.78. The van der Waals surface area contributed by atoms with Crippen LogP contribution in [-0.2, 0) is 18.0 Å². The Labute approximate surface area is 149 Å². The van der Waals surface area contributed by atoms with Gasteiger partial charge in [0, 0.05) is 17.6 Å². The van der Waals surface area contributed by atoms with Crippen molar-refractivity contribution in [1.29, 1.82) is 5.26 Å². The number of rotatable bonds is 5. The number of thioether (sulfide) groups is 2. The molecule has 1 N–H and O–H groups in total. The molecule has 2 aromatic rings. The van der Waals surface area contributed by atoms with Gasteiger partial charge >= 0.3 is 6.18 Å². The summed E-state index contributed by atoms with van der Waals surface area (Å²) in [5.74, 6) is -1.61. The molecule has 0 saturated carbocycles. The number of anilines is 1. The zero-order valence-electron chi connectivity index (χ0n) is 13.1. The van der Waals surface area contributed by atoms with Crippen LogP contribution < -0.4 is 5.32 Å². The first-order valence-corrected chi connectivity index (χ1v) is 8.58. The van der Waals surface area contributed by atoms with Gasteiger partial charge in [0.05, 0.1) is 5.75 Å². The van der Waals surface area contributed by atoms with Crippen molar-refractivity contribution in [3.63, 3.8) is 0 Å². The number of amides is 1. The number of alkyl halides is 3. The predicted molar refractivity (Wildman–Crippen MR) is 88.0 cm³/mol. The molecule has 0 saturated heterocycles. The van der Waals surface area contributed by atoms with Crippen LogP contribution in [0.15, 0.2) is 28.3 Å². The Kier molecular flexibility index (Phi) is 5.97. The lowest BCUT2D eigenvalue weighted by molar-refractivity contribution is -0.147. The van der Waals surface area contributed by atoms with Crippen LogP contribution in [-0.4, -0.2) is 26.4 Å². The summed E-state index contributed by atoms with van der Waals surface area (Å²) in [7, 11) is 1.19. The molecule has 132 valence electrons. The highest BCUT2D eigenvalue weighted by atomic mass is 32.2. The summed E-state index contributed by atoms with van der Waals surface area (Å²) in [6.07, 6.45) is -4.59. The van der Waals surface area contributed by atoms with Gasteiger partial charge in [0.15, 0.2) is 5.16 Å². The first kappa shape index (κ1) is 19.1. The summed E-state index contributed by atoms with van der Waals surface area (Å²) in [5, 5.41) is 19.8. The molecule has 0 atom stereocenters. The van der Waals surface area contributed by atoms with E-state index in [-0.39, 0.29) is 16.8 Å². The number of carbonyl (C=O) groups excluding carboxylic acids is 1. The van der Waals surface area contributed by atoms with Gasteiger partial charge in [-0.25, -0.2) is 0 Å². The van der Waals surface area contributed by atoms with Gasteiger partial charge in [0.2, 0.25) is 11.7 Å². The lowest BCUT2D eigenvalue weighted by Gasteiger charge is -2.09. The molecule has 2 rings (SSSR count). The molecule has 0 fully saturated rings. The Morgan fingerprint density at radius 2 is 2.12 bits per heavy atom. The van der Waals surface area contributed by atoms with Crippen LogP contribution in [0.3, 0.4) is 0 Å². The molecule has 0 bridgehead atoms. The topological polar surface area (TPSA) is 83.6 Å². The monoisotopic (exact) mass is 387 g/mol. The maximum atomic E-state index is 12.6. The quantitative estimate of drug-likeness (QED) is 0.625. The van der Waals surface area contributed by atoms with Gasteiger partial charge in [0.1, 0.15) is 5.40 Å². The van der Waals surface area contributed by atoms with Gasteiger partial charge < -0.3 is 9.88 Å². The molecule has 0 radical (unpaired) electrons. The normalized spacial score (nSPS) is 11.2. The van der Waals surface area contributed by atoms with E-state index < -0.39 is 12.0 Å². The van der Waals surface area contributed by atoms with Gasteiger partial charge in [-0.3, -0.25) is 4.79 Å². The zero-order chi connectivity index (χ0) is 18.6. The molecule has 25 heavy (non-hydrogen) atoms. The second-order valence-electron chi connectivity index (χ2n) is 4.87. The number of nitrogens with zero attached hydrogens (tertiary/aromatic N) is 4. The molecule has 0 unspecified atom stereocenters. The average Bonchev–Trinajstić information content (AvgIpc) is 2.89. The second-order valence-corrected chi connectivity index (χ2v) is 6.67. The summed E-state index contributed by atoms with van der Waals surface area (Å²) >= 11 is 1.87. The lowest BCUT2D eigenvalue weighted by atomic mass is 10.2. The molecule has 0 aliphatic rings. The SMILES string of the molecule is Cc1cc(SC#N)ccc1NC(=O)CSc1nnc(C(F)(F)F)n1C. The van der Waals surface area contributed by atoms with E-state index in [9.17, 15) is 18.0 Å². The third-order valence-corrected chi connectivity index (χ3v) is 4.66. The van der Waals surface area contributed by atoms with Gasteiger partial charge in [-0.1, -0.05) is 11.8 Å². The minimum absolute atomic E-state index is 0.0000324. The summed E-state index contributed by atoms with van der Waals surface area (Å²) < 4.78 is 38.7. The van der Waals surface area contributed by atoms with Crippen LogP contribution in [0.5, 0.6) is 0 Å². The van der Waals surface area contributed by atoms with Crippen molar-refractivity contribution in [2.45, 2.75) is 23.2 Å². The molecule has 0 aliphatic heterocycles. The number of nitriles is 1. The van der Waals surface area contributed by atoms with E-state index in [4.69, 9.17) is 5.26 Å². The van der Waals surface area contributed by atoms with Crippen LogP contribution in [0.2, 0.25) is 0 Å². The highest BCUT2D eigenvalue weighted by Gasteiger charge is 2.37. The maximum Gasteiger partial charge on any atom is 0.451 e. The molecule has 11 heteroatoms. The average molecular weight is 387 g/mol. The van der Waals surface area contributed by atoms with Crippen LogP contribution >= 0.6 is 23.5 Å². The van der Waals surface area contributed by atoms with E-state index >= 15 is 0 Å². The standard InChI is InChI=1S/C14H12F3N5OS2/c1-8-5-9(25-7-18)3-4-10(8)19-11(23)6-24-13-21-20-12(22(13)2)14(15,16)17/h3-5H,6H2,1-2H3,(H,19,23). The number of aryl methyl sites for hydroxylation is 1. The van der Waals surface area contributed by atoms with Crippen molar-refractivity contribution < 1.29 is 18.0 Å². The van der Waals surface area contributed by atoms with E-state index in [0.29, 0.717) is 5.69 Å². The number of aromatic nitrogens is 3. The Hall–Kier alpha value is -2.19. The fourth-order valence-corrected chi connectivity index (χ4v) is 3.08. The molecule has 6 nitrogen and oxygen atoms in total. The second kappa shape index (κ2) is 7.79. The molecular weight excluding hydrogens is 375 g/mol.